The summed E-state index contributed by atoms with van der Waals surface area (Å²) in [5.41, 5.74) is -0.264. The molecule has 0 aliphatic rings. The molecule has 1 atom stereocenters. The molecule has 7 heteroatoms. The number of rotatable bonds is 2. The highest BCUT2D eigenvalue weighted by Gasteiger charge is 2.31. The second-order valence-electron chi connectivity index (χ2n) is 5.35. The topological polar surface area (TPSA) is 20.2 Å². The predicted molar refractivity (Wildman–Crippen MR) is 95.2 cm³/mol. The number of hydrogen-bond donors (Lipinski definition) is 1. The van der Waals surface area contributed by atoms with Gasteiger partial charge in [0.2, 0.25) is 0 Å². The number of benzene rings is 3. The molecule has 0 unspecified atom stereocenters. The third-order valence-electron chi connectivity index (χ3n) is 3.89. The van der Waals surface area contributed by atoms with Gasteiger partial charge >= 0.3 is 6.18 Å². The highest BCUT2D eigenvalue weighted by Crippen LogP contribution is 2.40. The zero-order chi connectivity index (χ0) is 17.6. The third-order valence-corrected chi connectivity index (χ3v) is 5.32. The second kappa shape index (κ2) is 6.37. The standard InChI is InChI=1S/C17H10BrCl2F3O/c18-7-15(24)12-6-13-10(3-4-14(19)16(13)20)11-5-8(17(21,22)23)1-2-9(11)12/h1-6,15,24H,7H2/t15-/m1/s1. The van der Waals surface area contributed by atoms with E-state index in [0.717, 1.165) is 12.1 Å². The van der Waals surface area contributed by atoms with Gasteiger partial charge in [0.05, 0.1) is 21.7 Å². The molecule has 24 heavy (non-hydrogen) atoms. The van der Waals surface area contributed by atoms with Gasteiger partial charge in [-0.05, 0) is 46.0 Å². The van der Waals surface area contributed by atoms with Crippen LogP contribution in [0.2, 0.25) is 10.0 Å². The van der Waals surface area contributed by atoms with E-state index < -0.39 is 17.8 Å². The van der Waals surface area contributed by atoms with Crippen molar-refractivity contribution in [3.05, 3.63) is 57.6 Å². The van der Waals surface area contributed by atoms with Crippen molar-refractivity contribution in [3.8, 4) is 0 Å². The van der Waals surface area contributed by atoms with Gasteiger partial charge in [-0.25, -0.2) is 0 Å². The normalized spacial score (nSPS) is 13.6. The monoisotopic (exact) mass is 436 g/mol. The summed E-state index contributed by atoms with van der Waals surface area (Å²) in [6, 6.07) is 8.32. The average molecular weight is 438 g/mol. The minimum Gasteiger partial charge on any atom is -0.388 e. The smallest absolute Gasteiger partial charge is 0.388 e. The largest absolute Gasteiger partial charge is 0.416 e. The van der Waals surface area contributed by atoms with E-state index in [0.29, 0.717) is 32.1 Å². The van der Waals surface area contributed by atoms with E-state index in [1.807, 2.05) is 0 Å². The van der Waals surface area contributed by atoms with Crippen LogP contribution in [-0.4, -0.2) is 10.4 Å². The van der Waals surface area contributed by atoms with Crippen LogP contribution in [0.5, 0.6) is 0 Å². The van der Waals surface area contributed by atoms with Crippen LogP contribution in [0.25, 0.3) is 21.5 Å². The molecular formula is C17H10BrCl2F3O. The number of halogens is 6. The molecule has 0 spiro atoms. The van der Waals surface area contributed by atoms with Crippen molar-refractivity contribution in [3.63, 3.8) is 0 Å². The molecule has 0 fully saturated rings. The Kier molecular flexibility index (Phi) is 4.73. The van der Waals surface area contributed by atoms with Crippen molar-refractivity contribution in [1.82, 2.24) is 0 Å². The second-order valence-corrected chi connectivity index (χ2v) is 6.78. The number of hydrogen-bond acceptors (Lipinski definition) is 1. The van der Waals surface area contributed by atoms with Gasteiger partial charge < -0.3 is 5.11 Å². The van der Waals surface area contributed by atoms with Crippen molar-refractivity contribution < 1.29 is 18.3 Å². The van der Waals surface area contributed by atoms with Crippen LogP contribution in [0.4, 0.5) is 13.2 Å². The Bertz CT molecular complexity index is 941. The summed E-state index contributed by atoms with van der Waals surface area (Å²) >= 11 is 15.4. The molecule has 3 rings (SSSR count). The summed E-state index contributed by atoms with van der Waals surface area (Å²) in [7, 11) is 0. The van der Waals surface area contributed by atoms with Crippen LogP contribution in [0.1, 0.15) is 17.2 Å². The number of aliphatic hydroxyl groups is 1. The Hall–Kier alpha value is -1.01. The first-order valence-corrected chi connectivity index (χ1v) is 8.77. The fraction of sp³-hybridized carbons (Fsp3) is 0.176. The minimum atomic E-state index is -4.46. The molecule has 0 aromatic heterocycles. The predicted octanol–water partition coefficient (Wildman–Crippen LogP) is 6.75. The van der Waals surface area contributed by atoms with E-state index in [1.165, 1.54) is 6.07 Å². The van der Waals surface area contributed by atoms with E-state index in [-0.39, 0.29) is 10.4 Å². The summed E-state index contributed by atoms with van der Waals surface area (Å²) in [6.07, 6.45) is -5.34. The lowest BCUT2D eigenvalue weighted by Crippen LogP contribution is -2.05. The maximum atomic E-state index is 13.1. The zero-order valence-electron chi connectivity index (χ0n) is 12.0. The van der Waals surface area contributed by atoms with Gasteiger partial charge in [0.1, 0.15) is 0 Å². The van der Waals surface area contributed by atoms with Gasteiger partial charge in [-0.1, -0.05) is 51.3 Å². The molecule has 1 N–H and O–H groups in total. The van der Waals surface area contributed by atoms with Gasteiger partial charge in [0.25, 0.3) is 0 Å². The van der Waals surface area contributed by atoms with E-state index in [1.54, 1.807) is 18.2 Å². The molecule has 1 nitrogen and oxygen atoms in total. The molecule has 0 aliphatic heterocycles. The Morgan fingerprint density at radius 2 is 1.62 bits per heavy atom. The minimum absolute atomic E-state index is 0.243. The average Bonchev–Trinajstić information content (AvgIpc) is 2.55. The van der Waals surface area contributed by atoms with Crippen LogP contribution in [0.15, 0.2) is 36.4 Å². The van der Waals surface area contributed by atoms with Gasteiger partial charge in [-0.2, -0.15) is 13.2 Å². The maximum absolute atomic E-state index is 13.1. The Balaban J connectivity index is 2.49. The molecule has 126 valence electrons. The molecule has 3 aromatic rings. The summed E-state index contributed by atoms with van der Waals surface area (Å²) in [5.74, 6) is 0. The highest BCUT2D eigenvalue weighted by atomic mass is 79.9. The lowest BCUT2D eigenvalue weighted by molar-refractivity contribution is -0.137. The first kappa shape index (κ1) is 17.8. The van der Waals surface area contributed by atoms with Crippen LogP contribution in [0, 0.1) is 0 Å². The number of fused-ring (bicyclic) bond motifs is 3. The van der Waals surface area contributed by atoms with Crippen LogP contribution in [-0.2, 0) is 6.18 Å². The Morgan fingerprint density at radius 1 is 0.958 bits per heavy atom. The fourth-order valence-corrected chi connectivity index (χ4v) is 3.46. The Morgan fingerprint density at radius 3 is 2.25 bits per heavy atom. The molecule has 0 saturated carbocycles. The van der Waals surface area contributed by atoms with E-state index in [4.69, 9.17) is 23.2 Å². The van der Waals surface area contributed by atoms with Crippen LogP contribution in [0.3, 0.4) is 0 Å². The lowest BCUT2D eigenvalue weighted by atomic mass is 9.93. The maximum Gasteiger partial charge on any atom is 0.416 e. The molecule has 0 radical (unpaired) electrons. The van der Waals surface area contributed by atoms with Crippen molar-refractivity contribution >= 4 is 60.7 Å². The molecule has 0 aliphatic carbocycles. The lowest BCUT2D eigenvalue weighted by Gasteiger charge is -2.17. The first-order valence-electron chi connectivity index (χ1n) is 6.89. The van der Waals surface area contributed by atoms with E-state index >= 15 is 0 Å². The Labute approximate surface area is 154 Å². The summed E-state index contributed by atoms with van der Waals surface area (Å²) < 4.78 is 39.2. The molecule has 0 saturated heterocycles. The first-order chi connectivity index (χ1) is 11.2. The number of alkyl halides is 4. The molecule has 0 bridgehead atoms. The summed E-state index contributed by atoms with van der Waals surface area (Å²) in [6.45, 7) is 0. The van der Waals surface area contributed by atoms with Crippen molar-refractivity contribution in [2.75, 3.05) is 5.33 Å². The van der Waals surface area contributed by atoms with E-state index in [9.17, 15) is 18.3 Å². The van der Waals surface area contributed by atoms with Crippen LogP contribution >= 0.6 is 39.1 Å². The van der Waals surface area contributed by atoms with Crippen molar-refractivity contribution in [2.45, 2.75) is 12.3 Å². The summed E-state index contributed by atoms with van der Waals surface area (Å²) in [5, 5.41) is 13.0. The van der Waals surface area contributed by atoms with Crippen molar-refractivity contribution in [1.29, 1.82) is 0 Å². The fourth-order valence-electron chi connectivity index (χ4n) is 2.73. The SMILES string of the molecule is O[C@H](CBr)c1cc2c(Cl)c(Cl)ccc2c2cc(C(F)(F)F)ccc12. The number of aliphatic hydroxyl groups excluding tert-OH is 1. The van der Waals surface area contributed by atoms with Gasteiger partial charge in [0, 0.05) is 10.7 Å². The van der Waals surface area contributed by atoms with Crippen molar-refractivity contribution in [2.24, 2.45) is 0 Å². The van der Waals surface area contributed by atoms with E-state index in [2.05, 4.69) is 15.9 Å². The summed E-state index contributed by atoms with van der Waals surface area (Å²) in [4.78, 5) is 0. The molecule has 3 aromatic carbocycles. The quantitative estimate of drug-likeness (QED) is 0.347. The molecular weight excluding hydrogens is 428 g/mol. The van der Waals surface area contributed by atoms with Gasteiger partial charge in [-0.15, -0.1) is 0 Å². The highest BCUT2D eigenvalue weighted by molar-refractivity contribution is 9.09. The third kappa shape index (κ3) is 2.99. The molecule has 0 amide bonds. The van der Waals surface area contributed by atoms with Gasteiger partial charge in [-0.3, -0.25) is 0 Å². The van der Waals surface area contributed by atoms with Crippen LogP contribution < -0.4 is 0 Å². The molecule has 0 heterocycles. The zero-order valence-corrected chi connectivity index (χ0v) is 15.1. The van der Waals surface area contributed by atoms with Gasteiger partial charge in [0.15, 0.2) is 0 Å².